The maximum atomic E-state index is 11.8. The summed E-state index contributed by atoms with van der Waals surface area (Å²) < 4.78 is 11.7. The van der Waals surface area contributed by atoms with Gasteiger partial charge in [-0.15, -0.1) is 0 Å². The number of amides is 1. The first-order chi connectivity index (χ1) is 10.2. The Morgan fingerprint density at radius 1 is 1.57 bits per heavy atom. The Hall–Kier alpha value is -1.21. The van der Waals surface area contributed by atoms with Crippen LogP contribution in [0.4, 0.5) is 5.13 Å². The maximum Gasteiger partial charge on any atom is 0.252 e. The van der Waals surface area contributed by atoms with Crippen LogP contribution in [0, 0.1) is 0 Å². The zero-order chi connectivity index (χ0) is 14.7. The molecular formula is C14H15ClN2O3S. The van der Waals surface area contributed by atoms with Gasteiger partial charge in [0.05, 0.1) is 22.9 Å². The number of fused-ring (bicyclic) bond motifs is 1. The SMILES string of the molecule is O=C(COCC1CCCO1)Nc1nc2ccc(Cl)cc2s1. The van der Waals surface area contributed by atoms with Crippen molar-refractivity contribution in [2.24, 2.45) is 0 Å². The van der Waals surface area contributed by atoms with E-state index in [9.17, 15) is 4.79 Å². The zero-order valence-corrected chi connectivity index (χ0v) is 12.9. The maximum absolute atomic E-state index is 11.8. The van der Waals surface area contributed by atoms with Gasteiger partial charge in [0.1, 0.15) is 6.61 Å². The highest BCUT2D eigenvalue weighted by molar-refractivity contribution is 7.22. The van der Waals surface area contributed by atoms with E-state index >= 15 is 0 Å². The Bertz CT molecular complexity index is 640. The smallest absolute Gasteiger partial charge is 0.252 e. The van der Waals surface area contributed by atoms with E-state index in [1.807, 2.05) is 12.1 Å². The molecule has 1 aromatic carbocycles. The summed E-state index contributed by atoms with van der Waals surface area (Å²) in [6, 6.07) is 5.44. The lowest BCUT2D eigenvalue weighted by Crippen LogP contribution is -2.22. The molecule has 1 aromatic heterocycles. The van der Waals surface area contributed by atoms with Gasteiger partial charge in [0.25, 0.3) is 5.91 Å². The van der Waals surface area contributed by atoms with E-state index in [4.69, 9.17) is 21.1 Å². The van der Waals surface area contributed by atoms with Crippen LogP contribution in [0.1, 0.15) is 12.8 Å². The third-order valence-corrected chi connectivity index (χ3v) is 4.33. The fourth-order valence-electron chi connectivity index (χ4n) is 2.17. The van der Waals surface area contributed by atoms with Crippen LogP contribution >= 0.6 is 22.9 Å². The molecule has 1 N–H and O–H groups in total. The Labute approximate surface area is 131 Å². The Kier molecular flexibility index (Phi) is 4.70. The van der Waals surface area contributed by atoms with E-state index in [1.165, 1.54) is 11.3 Å². The third-order valence-electron chi connectivity index (χ3n) is 3.16. The highest BCUT2D eigenvalue weighted by atomic mass is 35.5. The van der Waals surface area contributed by atoms with Crippen molar-refractivity contribution >= 4 is 44.2 Å². The van der Waals surface area contributed by atoms with Crippen molar-refractivity contribution in [3.63, 3.8) is 0 Å². The topological polar surface area (TPSA) is 60.5 Å². The number of nitrogens with one attached hydrogen (secondary N) is 1. The highest BCUT2D eigenvalue weighted by Gasteiger charge is 2.16. The molecule has 112 valence electrons. The second kappa shape index (κ2) is 6.70. The number of aromatic nitrogens is 1. The van der Waals surface area contributed by atoms with Crippen molar-refractivity contribution in [2.45, 2.75) is 18.9 Å². The van der Waals surface area contributed by atoms with Crippen molar-refractivity contribution in [1.82, 2.24) is 4.98 Å². The summed E-state index contributed by atoms with van der Waals surface area (Å²) in [5, 5.41) is 3.95. The average Bonchev–Trinajstić information content (AvgIpc) is 3.07. The van der Waals surface area contributed by atoms with Gasteiger partial charge in [0, 0.05) is 11.6 Å². The molecule has 0 aliphatic carbocycles. The second-order valence-corrected chi connectivity index (χ2v) is 6.30. The molecule has 21 heavy (non-hydrogen) atoms. The zero-order valence-electron chi connectivity index (χ0n) is 11.3. The van der Waals surface area contributed by atoms with Gasteiger partial charge in [-0.25, -0.2) is 4.98 Å². The largest absolute Gasteiger partial charge is 0.376 e. The molecule has 1 aliphatic rings. The molecule has 1 atom stereocenters. The molecule has 0 radical (unpaired) electrons. The van der Waals surface area contributed by atoms with Gasteiger partial charge in [-0.3, -0.25) is 10.1 Å². The summed E-state index contributed by atoms with van der Waals surface area (Å²) in [5.41, 5.74) is 0.819. The van der Waals surface area contributed by atoms with Crippen LogP contribution in [0.25, 0.3) is 10.2 Å². The van der Waals surface area contributed by atoms with Crippen LogP contribution in [-0.4, -0.2) is 36.8 Å². The van der Waals surface area contributed by atoms with Crippen LogP contribution in [0.3, 0.4) is 0 Å². The molecule has 2 heterocycles. The number of ether oxygens (including phenoxy) is 2. The normalized spacial score (nSPS) is 18.2. The fourth-order valence-corrected chi connectivity index (χ4v) is 3.32. The van der Waals surface area contributed by atoms with Crippen LogP contribution in [0.5, 0.6) is 0 Å². The summed E-state index contributed by atoms with van der Waals surface area (Å²) >= 11 is 7.31. The summed E-state index contributed by atoms with van der Waals surface area (Å²) in [6.07, 6.45) is 2.19. The molecule has 1 amide bonds. The van der Waals surface area contributed by atoms with Gasteiger partial charge in [-0.05, 0) is 31.0 Å². The lowest BCUT2D eigenvalue weighted by molar-refractivity contribution is -0.121. The number of benzene rings is 1. The lowest BCUT2D eigenvalue weighted by atomic mass is 10.2. The van der Waals surface area contributed by atoms with E-state index < -0.39 is 0 Å². The Morgan fingerprint density at radius 3 is 3.29 bits per heavy atom. The molecular weight excluding hydrogens is 312 g/mol. The number of anilines is 1. The molecule has 7 heteroatoms. The molecule has 0 bridgehead atoms. The molecule has 1 unspecified atom stereocenters. The lowest BCUT2D eigenvalue weighted by Gasteiger charge is -2.09. The van der Waals surface area contributed by atoms with Crippen molar-refractivity contribution in [3.05, 3.63) is 23.2 Å². The van der Waals surface area contributed by atoms with Crippen LogP contribution in [0.15, 0.2) is 18.2 Å². The van der Waals surface area contributed by atoms with Crippen molar-refractivity contribution in [2.75, 3.05) is 25.1 Å². The van der Waals surface area contributed by atoms with Gasteiger partial charge < -0.3 is 9.47 Å². The van der Waals surface area contributed by atoms with Crippen LogP contribution < -0.4 is 5.32 Å². The Balaban J connectivity index is 1.51. The van der Waals surface area contributed by atoms with Crippen molar-refractivity contribution in [1.29, 1.82) is 0 Å². The molecule has 0 saturated carbocycles. The second-order valence-electron chi connectivity index (χ2n) is 4.83. The number of hydrogen-bond acceptors (Lipinski definition) is 5. The van der Waals surface area contributed by atoms with E-state index in [2.05, 4.69) is 10.3 Å². The minimum absolute atomic E-state index is 0.0105. The molecule has 0 spiro atoms. The van der Waals surface area contributed by atoms with E-state index in [0.29, 0.717) is 16.8 Å². The predicted octanol–water partition coefficient (Wildman–Crippen LogP) is 3.08. The first-order valence-corrected chi connectivity index (χ1v) is 7.95. The molecule has 1 fully saturated rings. The number of thiazole rings is 1. The highest BCUT2D eigenvalue weighted by Crippen LogP contribution is 2.28. The molecule has 1 saturated heterocycles. The number of hydrogen-bond donors (Lipinski definition) is 1. The van der Waals surface area contributed by atoms with E-state index in [1.54, 1.807) is 6.07 Å². The summed E-state index contributed by atoms with van der Waals surface area (Å²) in [7, 11) is 0. The first-order valence-electron chi connectivity index (χ1n) is 6.76. The minimum atomic E-state index is -0.210. The number of carbonyl (C=O) groups is 1. The monoisotopic (exact) mass is 326 g/mol. The fraction of sp³-hybridized carbons (Fsp3) is 0.429. The van der Waals surface area contributed by atoms with Gasteiger partial charge >= 0.3 is 0 Å². The average molecular weight is 327 g/mol. The number of halogens is 1. The number of carbonyl (C=O) groups excluding carboxylic acids is 1. The van der Waals surface area contributed by atoms with E-state index in [-0.39, 0.29) is 18.6 Å². The number of nitrogens with zero attached hydrogens (tertiary/aromatic N) is 1. The molecule has 3 rings (SSSR count). The summed E-state index contributed by atoms with van der Waals surface area (Å²) in [4.78, 5) is 16.1. The van der Waals surface area contributed by atoms with Gasteiger partial charge in [0.2, 0.25) is 0 Å². The molecule has 2 aromatic rings. The van der Waals surface area contributed by atoms with Crippen LogP contribution in [0.2, 0.25) is 5.02 Å². The van der Waals surface area contributed by atoms with Crippen molar-refractivity contribution in [3.8, 4) is 0 Å². The van der Waals surface area contributed by atoms with Gasteiger partial charge in [-0.2, -0.15) is 0 Å². The van der Waals surface area contributed by atoms with Crippen LogP contribution in [-0.2, 0) is 14.3 Å². The third kappa shape index (κ3) is 3.91. The predicted molar refractivity (Wildman–Crippen MR) is 83.1 cm³/mol. The Morgan fingerprint density at radius 2 is 2.48 bits per heavy atom. The first kappa shape index (κ1) is 14.7. The van der Waals surface area contributed by atoms with Gasteiger partial charge in [-0.1, -0.05) is 22.9 Å². The summed E-state index contributed by atoms with van der Waals surface area (Å²) in [5.74, 6) is -0.210. The molecule has 1 aliphatic heterocycles. The van der Waals surface area contributed by atoms with E-state index in [0.717, 1.165) is 29.7 Å². The van der Waals surface area contributed by atoms with Gasteiger partial charge in [0.15, 0.2) is 5.13 Å². The molecule has 5 nitrogen and oxygen atoms in total. The van der Waals surface area contributed by atoms with Crippen molar-refractivity contribution < 1.29 is 14.3 Å². The standard InChI is InChI=1S/C14H15ClN2O3S/c15-9-3-4-11-12(6-9)21-14(16-11)17-13(18)8-19-7-10-2-1-5-20-10/h3-4,6,10H,1-2,5,7-8H2,(H,16,17,18). The summed E-state index contributed by atoms with van der Waals surface area (Å²) in [6.45, 7) is 1.26. The number of rotatable bonds is 5. The quantitative estimate of drug-likeness (QED) is 0.917. The minimum Gasteiger partial charge on any atom is -0.376 e.